The van der Waals surface area contributed by atoms with Gasteiger partial charge in [-0.25, -0.2) is 4.39 Å². The van der Waals surface area contributed by atoms with E-state index in [0.717, 1.165) is 11.3 Å². The van der Waals surface area contributed by atoms with Crippen molar-refractivity contribution >= 4 is 14.1 Å². The van der Waals surface area contributed by atoms with Crippen molar-refractivity contribution < 1.29 is 8.82 Å². The lowest BCUT2D eigenvalue weighted by Crippen LogP contribution is -2.24. The highest BCUT2D eigenvalue weighted by atomic mass is 28.4. The van der Waals surface area contributed by atoms with Gasteiger partial charge < -0.3 is 4.43 Å². The molecule has 0 saturated carbocycles. The third-order valence-electron chi connectivity index (χ3n) is 1.81. The van der Waals surface area contributed by atoms with E-state index in [2.05, 4.69) is 19.6 Å². The van der Waals surface area contributed by atoms with E-state index >= 15 is 0 Å². The maximum atomic E-state index is 12.7. The lowest BCUT2D eigenvalue weighted by Gasteiger charge is -2.21. The topological polar surface area (TPSA) is 9.23 Å². The first-order valence-corrected chi connectivity index (χ1v) is 8.44. The summed E-state index contributed by atoms with van der Waals surface area (Å²) in [5.41, 5.74) is 0.932. The Balaban J connectivity index is 2.90. The molecule has 1 rings (SSSR count). The molecule has 1 aromatic rings. The van der Waals surface area contributed by atoms with E-state index in [-0.39, 0.29) is 5.82 Å². The van der Waals surface area contributed by atoms with E-state index in [0.29, 0.717) is 0 Å². The van der Waals surface area contributed by atoms with Gasteiger partial charge in [-0.15, -0.1) is 0 Å². The van der Waals surface area contributed by atoms with Gasteiger partial charge in [0.25, 0.3) is 0 Å². The molecule has 82 valence electrons. The van der Waals surface area contributed by atoms with Crippen LogP contribution in [0.4, 0.5) is 4.39 Å². The molecule has 0 aromatic heterocycles. The Morgan fingerprint density at radius 2 is 1.73 bits per heavy atom. The minimum atomic E-state index is -1.60. The predicted molar refractivity (Wildman–Crippen MR) is 64.5 cm³/mol. The van der Waals surface area contributed by atoms with Gasteiger partial charge in [0.05, 0.1) is 0 Å². The van der Waals surface area contributed by atoms with Crippen LogP contribution in [-0.2, 0) is 4.43 Å². The summed E-state index contributed by atoms with van der Waals surface area (Å²) in [6.07, 6.45) is 1.92. The Morgan fingerprint density at radius 3 is 2.13 bits per heavy atom. The number of allylic oxidation sites excluding steroid dienone is 1. The molecule has 0 fully saturated rings. The summed E-state index contributed by atoms with van der Waals surface area (Å²) in [7, 11) is -1.60. The second-order valence-corrected chi connectivity index (χ2v) is 8.80. The van der Waals surface area contributed by atoms with Gasteiger partial charge >= 0.3 is 0 Å². The molecule has 0 saturated heterocycles. The van der Waals surface area contributed by atoms with Crippen LogP contribution >= 0.6 is 0 Å². The molecule has 0 aliphatic heterocycles. The highest BCUT2D eigenvalue weighted by Crippen LogP contribution is 2.21. The summed E-state index contributed by atoms with van der Waals surface area (Å²) in [6.45, 7) is 8.30. The summed E-state index contributed by atoms with van der Waals surface area (Å²) in [4.78, 5) is 0. The zero-order valence-corrected chi connectivity index (χ0v) is 10.7. The van der Waals surface area contributed by atoms with Crippen LogP contribution in [0.5, 0.6) is 0 Å². The average Bonchev–Trinajstić information content (AvgIpc) is 2.14. The van der Waals surface area contributed by atoms with Crippen LogP contribution < -0.4 is 0 Å². The smallest absolute Gasteiger partial charge is 0.242 e. The predicted octanol–water partition coefficient (Wildman–Crippen LogP) is 4.04. The third kappa shape index (κ3) is 3.87. The Bertz CT molecular complexity index is 349. The van der Waals surface area contributed by atoms with Crippen molar-refractivity contribution in [3.05, 3.63) is 41.7 Å². The second-order valence-electron chi connectivity index (χ2n) is 4.37. The molecule has 0 atom stereocenters. The van der Waals surface area contributed by atoms with E-state index in [1.165, 1.54) is 12.1 Å². The first-order chi connectivity index (χ1) is 6.92. The zero-order chi connectivity index (χ0) is 11.5. The number of benzene rings is 1. The number of halogens is 1. The number of rotatable bonds is 3. The molecule has 0 bridgehead atoms. The molecular formula is C12H17FOSi. The van der Waals surface area contributed by atoms with Gasteiger partial charge in [-0.3, -0.25) is 0 Å². The largest absolute Gasteiger partial charge is 0.544 e. The molecule has 0 amide bonds. The van der Waals surface area contributed by atoms with Crippen molar-refractivity contribution in [2.75, 3.05) is 0 Å². The molecule has 3 heteroatoms. The van der Waals surface area contributed by atoms with Gasteiger partial charge in [-0.05, 0) is 56.9 Å². The lowest BCUT2D eigenvalue weighted by molar-refractivity contribution is 0.513. The minimum absolute atomic E-state index is 0.220. The summed E-state index contributed by atoms with van der Waals surface area (Å²) < 4.78 is 18.6. The standard InChI is InChI=1S/C12H17FOSi/c1-5-12(14-15(2,3)4)10-6-8-11(13)9-7-10/h5-9H,1-4H3. The van der Waals surface area contributed by atoms with Gasteiger partial charge in [-0.1, -0.05) is 0 Å². The van der Waals surface area contributed by atoms with Gasteiger partial charge in [-0.2, -0.15) is 0 Å². The first-order valence-electron chi connectivity index (χ1n) is 5.03. The Hall–Kier alpha value is -1.09. The molecule has 15 heavy (non-hydrogen) atoms. The van der Waals surface area contributed by atoms with Gasteiger partial charge in [0, 0.05) is 5.56 Å². The molecule has 1 aromatic carbocycles. The van der Waals surface area contributed by atoms with Crippen molar-refractivity contribution in [1.29, 1.82) is 0 Å². The molecule has 0 N–H and O–H groups in total. The van der Waals surface area contributed by atoms with Crippen LogP contribution in [0.1, 0.15) is 12.5 Å². The molecule has 0 unspecified atom stereocenters. The Morgan fingerprint density at radius 1 is 1.20 bits per heavy atom. The minimum Gasteiger partial charge on any atom is -0.544 e. The van der Waals surface area contributed by atoms with Gasteiger partial charge in [0.1, 0.15) is 11.6 Å². The molecule has 0 aliphatic rings. The van der Waals surface area contributed by atoms with Gasteiger partial charge in [0.2, 0.25) is 8.32 Å². The highest BCUT2D eigenvalue weighted by Gasteiger charge is 2.18. The fourth-order valence-corrected chi connectivity index (χ4v) is 2.12. The fourth-order valence-electron chi connectivity index (χ4n) is 1.23. The quantitative estimate of drug-likeness (QED) is 0.556. The zero-order valence-electron chi connectivity index (χ0n) is 9.67. The molecular weight excluding hydrogens is 207 g/mol. The Kier molecular flexibility index (Phi) is 3.69. The SMILES string of the molecule is CC=C(O[Si](C)(C)C)c1ccc(F)cc1. The van der Waals surface area contributed by atoms with Crippen molar-refractivity contribution in [3.63, 3.8) is 0 Å². The number of hydrogen-bond acceptors (Lipinski definition) is 1. The van der Waals surface area contributed by atoms with Crippen molar-refractivity contribution in [3.8, 4) is 0 Å². The van der Waals surface area contributed by atoms with Crippen LogP contribution in [0, 0.1) is 5.82 Å². The van der Waals surface area contributed by atoms with Gasteiger partial charge in [0.15, 0.2) is 0 Å². The maximum Gasteiger partial charge on any atom is 0.242 e. The summed E-state index contributed by atoms with van der Waals surface area (Å²) in [6, 6.07) is 6.38. The summed E-state index contributed by atoms with van der Waals surface area (Å²) >= 11 is 0. The lowest BCUT2D eigenvalue weighted by atomic mass is 10.2. The van der Waals surface area contributed by atoms with E-state index in [1.807, 2.05) is 13.0 Å². The number of hydrogen-bond donors (Lipinski definition) is 0. The Labute approximate surface area is 91.7 Å². The van der Waals surface area contributed by atoms with E-state index in [4.69, 9.17) is 4.43 Å². The maximum absolute atomic E-state index is 12.7. The van der Waals surface area contributed by atoms with Crippen LogP contribution in [0.25, 0.3) is 5.76 Å². The summed E-state index contributed by atoms with van der Waals surface area (Å²) in [5.74, 6) is 0.622. The third-order valence-corrected chi connectivity index (χ3v) is 2.64. The van der Waals surface area contributed by atoms with E-state index < -0.39 is 8.32 Å². The molecule has 0 heterocycles. The molecule has 0 spiro atoms. The average molecular weight is 224 g/mol. The normalized spacial score (nSPS) is 12.7. The van der Waals surface area contributed by atoms with Crippen molar-refractivity contribution in [1.82, 2.24) is 0 Å². The van der Waals surface area contributed by atoms with Crippen LogP contribution in [0.2, 0.25) is 19.6 Å². The monoisotopic (exact) mass is 224 g/mol. The summed E-state index contributed by atoms with van der Waals surface area (Å²) in [5, 5.41) is 0. The van der Waals surface area contributed by atoms with E-state index in [9.17, 15) is 4.39 Å². The van der Waals surface area contributed by atoms with Crippen LogP contribution in [0.3, 0.4) is 0 Å². The highest BCUT2D eigenvalue weighted by molar-refractivity contribution is 6.70. The first kappa shape index (κ1) is 12.0. The van der Waals surface area contributed by atoms with Crippen LogP contribution in [-0.4, -0.2) is 8.32 Å². The fraction of sp³-hybridized carbons (Fsp3) is 0.333. The molecule has 0 aliphatic carbocycles. The molecule has 0 radical (unpaired) electrons. The van der Waals surface area contributed by atoms with Crippen LogP contribution in [0.15, 0.2) is 30.3 Å². The van der Waals surface area contributed by atoms with Crippen molar-refractivity contribution in [2.24, 2.45) is 0 Å². The molecule has 1 nitrogen and oxygen atoms in total. The van der Waals surface area contributed by atoms with E-state index in [1.54, 1.807) is 12.1 Å². The second kappa shape index (κ2) is 4.62. The van der Waals surface area contributed by atoms with Crippen molar-refractivity contribution in [2.45, 2.75) is 26.6 Å².